The first-order valence-electron chi connectivity index (χ1n) is 7.92. The Hall–Kier alpha value is -2.26. The summed E-state index contributed by atoms with van der Waals surface area (Å²) in [4.78, 5) is 16.6. The molecule has 5 nitrogen and oxygen atoms in total. The summed E-state index contributed by atoms with van der Waals surface area (Å²) in [5.74, 6) is -4.31. The van der Waals surface area contributed by atoms with Gasteiger partial charge in [0.05, 0.1) is 27.8 Å². The van der Waals surface area contributed by atoms with Crippen molar-refractivity contribution in [2.24, 2.45) is 0 Å². The molecule has 2 heterocycles. The van der Waals surface area contributed by atoms with E-state index in [2.05, 4.69) is 15.2 Å². The number of benzene rings is 1. The number of aromatic amines is 1. The van der Waals surface area contributed by atoms with Crippen LogP contribution in [0.25, 0.3) is 15.0 Å². The minimum atomic E-state index is -5.03. The highest BCUT2D eigenvalue weighted by Gasteiger charge is 2.45. The molecule has 1 aliphatic heterocycles. The molecule has 0 aliphatic carbocycles. The summed E-state index contributed by atoms with van der Waals surface area (Å²) in [6.07, 6.45) is -9.12. The summed E-state index contributed by atoms with van der Waals surface area (Å²) in [6.45, 7) is -1.51. The molecule has 1 aromatic carbocycles. The summed E-state index contributed by atoms with van der Waals surface area (Å²) in [6, 6.07) is 0.929. The zero-order valence-corrected chi connectivity index (χ0v) is 16.5. The number of rotatable bonds is 3. The van der Waals surface area contributed by atoms with Crippen molar-refractivity contribution in [2.45, 2.75) is 18.3 Å². The second kappa shape index (κ2) is 7.46. The van der Waals surface area contributed by atoms with E-state index in [4.69, 9.17) is 0 Å². The third-order valence-corrected chi connectivity index (χ3v) is 4.76. The molecular formula is C16H9F8IN4O. The zero-order chi connectivity index (χ0) is 22.5. The van der Waals surface area contributed by atoms with Gasteiger partial charge in [-0.1, -0.05) is 0 Å². The van der Waals surface area contributed by atoms with Crippen LogP contribution < -0.4 is 0 Å². The SMILES string of the molecule is O=C(/C=C(\I)c1n[nH]c(-c2cc(C(F)(F)F)cc(C(F)(F)F)c2)n1)N1CC(F)(F)C1. The molecule has 1 aliphatic rings. The molecule has 0 spiro atoms. The van der Waals surface area contributed by atoms with Crippen LogP contribution in [0.4, 0.5) is 35.1 Å². The van der Waals surface area contributed by atoms with Crippen LogP contribution in [0.1, 0.15) is 17.0 Å². The number of amides is 1. The molecule has 2 aromatic rings. The van der Waals surface area contributed by atoms with Gasteiger partial charge in [0, 0.05) is 11.6 Å². The Morgan fingerprint density at radius 3 is 2.07 bits per heavy atom. The lowest BCUT2D eigenvalue weighted by molar-refractivity contribution is -0.160. The summed E-state index contributed by atoms with van der Waals surface area (Å²) < 4.78 is 104. The van der Waals surface area contributed by atoms with Gasteiger partial charge in [-0.3, -0.25) is 9.89 Å². The van der Waals surface area contributed by atoms with Crippen LogP contribution in [-0.2, 0) is 17.1 Å². The lowest BCUT2D eigenvalue weighted by Gasteiger charge is -2.37. The van der Waals surface area contributed by atoms with Crippen molar-refractivity contribution in [3.8, 4) is 11.4 Å². The predicted octanol–water partition coefficient (Wildman–Crippen LogP) is 4.76. The number of nitrogens with zero attached hydrogens (tertiary/aromatic N) is 3. The number of carbonyl (C=O) groups excluding carboxylic acids is 1. The summed E-state index contributed by atoms with van der Waals surface area (Å²) in [5.41, 5.74) is -3.57. The molecule has 0 saturated carbocycles. The zero-order valence-electron chi connectivity index (χ0n) is 14.4. The van der Waals surface area contributed by atoms with E-state index in [-0.39, 0.29) is 15.5 Å². The van der Waals surface area contributed by atoms with Gasteiger partial charge in [0.15, 0.2) is 11.6 Å². The minimum absolute atomic E-state index is 0.0219. The second-order valence-corrected chi connectivity index (χ2v) is 7.51. The first-order valence-corrected chi connectivity index (χ1v) is 9.00. The fourth-order valence-electron chi connectivity index (χ4n) is 2.52. The van der Waals surface area contributed by atoms with E-state index in [9.17, 15) is 39.9 Å². The van der Waals surface area contributed by atoms with E-state index < -0.39 is 59.8 Å². The van der Waals surface area contributed by atoms with Gasteiger partial charge in [0.1, 0.15) is 0 Å². The van der Waals surface area contributed by atoms with Gasteiger partial charge >= 0.3 is 12.4 Å². The number of likely N-dealkylation sites (tertiary alicyclic amines) is 1. The van der Waals surface area contributed by atoms with Gasteiger partial charge in [-0.15, -0.1) is 0 Å². The molecule has 1 fully saturated rings. The maximum atomic E-state index is 13.0. The standard InChI is InChI=1S/C16H9F8IN4O/c17-14(18)5-29(6-14)11(30)4-10(25)13-26-12(27-28-13)7-1-8(15(19,20)21)3-9(2-7)16(22,23)24/h1-4H,5-6H2,(H,26,27,28)/b10-4-. The molecule has 1 aromatic heterocycles. The average molecular weight is 552 g/mol. The van der Waals surface area contributed by atoms with Crippen molar-refractivity contribution in [1.82, 2.24) is 20.1 Å². The van der Waals surface area contributed by atoms with Crippen LogP contribution in [0.15, 0.2) is 24.3 Å². The number of hydrogen-bond donors (Lipinski definition) is 1. The number of halogens is 9. The van der Waals surface area contributed by atoms with Gasteiger partial charge in [-0.2, -0.15) is 31.4 Å². The average Bonchev–Trinajstić information content (AvgIpc) is 3.08. The van der Waals surface area contributed by atoms with Crippen LogP contribution in [0.5, 0.6) is 0 Å². The van der Waals surface area contributed by atoms with Crippen LogP contribution in [0.2, 0.25) is 0 Å². The number of carbonyl (C=O) groups is 1. The Balaban J connectivity index is 1.90. The second-order valence-electron chi connectivity index (χ2n) is 6.34. The smallest absolute Gasteiger partial charge is 0.327 e. The Bertz CT molecular complexity index is 971. The fraction of sp³-hybridized carbons (Fsp3) is 0.312. The van der Waals surface area contributed by atoms with Crippen LogP contribution in [-0.4, -0.2) is 45.0 Å². The number of H-pyrrole nitrogens is 1. The highest BCUT2D eigenvalue weighted by molar-refractivity contribution is 14.1. The quantitative estimate of drug-likeness (QED) is 0.340. The van der Waals surface area contributed by atoms with Crippen molar-refractivity contribution < 1.29 is 39.9 Å². The van der Waals surface area contributed by atoms with E-state index in [1.165, 1.54) is 0 Å². The maximum Gasteiger partial charge on any atom is 0.416 e. The lowest BCUT2D eigenvalue weighted by atomic mass is 10.0. The summed E-state index contributed by atoms with van der Waals surface area (Å²) in [7, 11) is 0. The third kappa shape index (κ3) is 4.89. The van der Waals surface area contributed by atoms with E-state index in [1.54, 1.807) is 22.6 Å². The molecule has 3 rings (SSSR count). The Morgan fingerprint density at radius 2 is 1.60 bits per heavy atom. The lowest BCUT2D eigenvalue weighted by Crippen LogP contribution is -2.58. The molecule has 30 heavy (non-hydrogen) atoms. The third-order valence-electron chi connectivity index (χ3n) is 3.97. The molecule has 162 valence electrons. The van der Waals surface area contributed by atoms with E-state index in [0.717, 1.165) is 11.0 Å². The van der Waals surface area contributed by atoms with Gasteiger partial charge < -0.3 is 4.90 Å². The van der Waals surface area contributed by atoms with Crippen molar-refractivity contribution in [3.05, 3.63) is 41.2 Å². The fourth-order valence-corrected chi connectivity index (χ4v) is 3.03. The molecule has 14 heteroatoms. The monoisotopic (exact) mass is 552 g/mol. The molecule has 0 bridgehead atoms. The highest BCUT2D eigenvalue weighted by Crippen LogP contribution is 2.38. The molecule has 0 radical (unpaired) electrons. The van der Waals surface area contributed by atoms with Crippen molar-refractivity contribution in [3.63, 3.8) is 0 Å². The Kier molecular flexibility index (Phi) is 5.57. The number of nitrogens with one attached hydrogen (secondary N) is 1. The number of alkyl halides is 8. The molecule has 1 amide bonds. The van der Waals surface area contributed by atoms with E-state index in [0.29, 0.717) is 12.1 Å². The Morgan fingerprint density at radius 1 is 1.07 bits per heavy atom. The number of aromatic nitrogens is 3. The highest BCUT2D eigenvalue weighted by atomic mass is 127. The maximum absolute atomic E-state index is 13.0. The van der Waals surface area contributed by atoms with Crippen molar-refractivity contribution in [2.75, 3.05) is 13.1 Å². The largest absolute Gasteiger partial charge is 0.416 e. The molecule has 1 saturated heterocycles. The van der Waals surface area contributed by atoms with Gasteiger partial charge in [-0.25, -0.2) is 13.8 Å². The van der Waals surface area contributed by atoms with Crippen molar-refractivity contribution >= 4 is 32.1 Å². The molecule has 0 unspecified atom stereocenters. The molecule has 0 atom stereocenters. The minimum Gasteiger partial charge on any atom is -0.327 e. The first kappa shape index (κ1) is 22.4. The summed E-state index contributed by atoms with van der Waals surface area (Å²) >= 11 is 1.60. The molecular weight excluding hydrogens is 543 g/mol. The Labute approximate surface area is 176 Å². The van der Waals surface area contributed by atoms with Crippen molar-refractivity contribution in [1.29, 1.82) is 0 Å². The van der Waals surface area contributed by atoms with E-state index in [1.807, 2.05) is 0 Å². The van der Waals surface area contributed by atoms with Crippen LogP contribution >= 0.6 is 22.6 Å². The van der Waals surface area contributed by atoms with Gasteiger partial charge in [-0.05, 0) is 40.8 Å². The van der Waals surface area contributed by atoms with Crippen LogP contribution in [0.3, 0.4) is 0 Å². The predicted molar refractivity (Wildman–Crippen MR) is 95.3 cm³/mol. The first-order chi connectivity index (χ1) is 13.7. The van der Waals surface area contributed by atoms with Gasteiger partial charge in [0.25, 0.3) is 5.92 Å². The molecule has 1 N–H and O–H groups in total. The summed E-state index contributed by atoms with van der Waals surface area (Å²) in [5, 5.41) is 5.89. The normalized spacial score (nSPS) is 17.1. The number of hydrogen-bond acceptors (Lipinski definition) is 3. The topological polar surface area (TPSA) is 61.9 Å². The van der Waals surface area contributed by atoms with Gasteiger partial charge in [0.2, 0.25) is 5.91 Å². The van der Waals surface area contributed by atoms with E-state index >= 15 is 0 Å². The van der Waals surface area contributed by atoms with Crippen LogP contribution in [0, 0.1) is 0 Å².